The molecule has 0 unspecified atom stereocenters. The predicted octanol–water partition coefficient (Wildman–Crippen LogP) is 4.03. The summed E-state index contributed by atoms with van der Waals surface area (Å²) in [4.78, 5) is -0.326. The molecule has 1 N–H and O–H groups in total. The van der Waals surface area contributed by atoms with Crippen molar-refractivity contribution in [2.24, 2.45) is 11.8 Å². The zero-order chi connectivity index (χ0) is 21.5. The van der Waals surface area contributed by atoms with Crippen LogP contribution in [0.5, 0.6) is 0 Å². The summed E-state index contributed by atoms with van der Waals surface area (Å²) in [5.41, 5.74) is -0.0342. The number of rotatable bonds is 5. The highest BCUT2D eigenvalue weighted by Gasteiger charge is 2.46. The van der Waals surface area contributed by atoms with Crippen molar-refractivity contribution in [3.63, 3.8) is 0 Å². The van der Waals surface area contributed by atoms with Crippen LogP contribution >= 0.6 is 0 Å². The third-order valence-corrected chi connectivity index (χ3v) is 7.93. The molecule has 4 rings (SSSR count). The van der Waals surface area contributed by atoms with Gasteiger partial charge in [-0.3, -0.25) is 0 Å². The summed E-state index contributed by atoms with van der Waals surface area (Å²) in [6.45, 7) is 1.15. The maximum atomic E-state index is 13.0. The fourth-order valence-electron chi connectivity index (χ4n) is 4.51. The number of halogens is 4. The quantitative estimate of drug-likeness (QED) is 0.712. The van der Waals surface area contributed by atoms with E-state index in [0.717, 1.165) is 30.5 Å². The summed E-state index contributed by atoms with van der Waals surface area (Å²) in [5.74, 6) is -0.0202. The molecule has 1 aliphatic heterocycles. The van der Waals surface area contributed by atoms with Crippen molar-refractivity contribution < 1.29 is 26.0 Å². The summed E-state index contributed by atoms with van der Waals surface area (Å²) in [6, 6.07) is 10.2. The van der Waals surface area contributed by atoms with Crippen molar-refractivity contribution >= 4 is 10.0 Å². The molecule has 0 bridgehead atoms. The second kappa shape index (κ2) is 7.94. The van der Waals surface area contributed by atoms with E-state index >= 15 is 0 Å². The van der Waals surface area contributed by atoms with Crippen LogP contribution in [0.3, 0.4) is 0 Å². The Kier molecular flexibility index (Phi) is 5.63. The molecule has 2 aromatic rings. The Bertz CT molecular complexity index is 1010. The van der Waals surface area contributed by atoms with Crippen LogP contribution < -0.4 is 5.32 Å². The van der Waals surface area contributed by atoms with Gasteiger partial charge in [-0.05, 0) is 60.6 Å². The average molecular weight is 442 g/mol. The monoisotopic (exact) mass is 442 g/mol. The minimum Gasteiger partial charge on any atom is -0.310 e. The summed E-state index contributed by atoms with van der Waals surface area (Å²) in [6.07, 6.45) is -2.82. The summed E-state index contributed by atoms with van der Waals surface area (Å²) >= 11 is 0. The molecule has 2 aromatic carbocycles. The standard InChI is InChI=1S/C21H22F4N2O2S/c22-17-7-4-14(5-8-17)11-26-20-9-6-15-12-27(13-19(15)20)30(28,29)18-3-1-2-16(10-18)21(23,24)25/h1-5,7-8,10,15,19-20,26H,6,9,11-13H2/t15-,19+,20+/m0/s1. The molecule has 1 heterocycles. The maximum Gasteiger partial charge on any atom is 0.416 e. The Morgan fingerprint density at radius 1 is 1.03 bits per heavy atom. The Morgan fingerprint density at radius 2 is 1.77 bits per heavy atom. The number of nitrogens with one attached hydrogen (secondary N) is 1. The number of alkyl halides is 3. The van der Waals surface area contributed by atoms with Crippen molar-refractivity contribution in [1.29, 1.82) is 0 Å². The second-order valence-corrected chi connectivity index (χ2v) is 9.90. The normalized spacial score (nSPS) is 24.9. The molecule has 3 atom stereocenters. The zero-order valence-electron chi connectivity index (χ0n) is 16.1. The van der Waals surface area contributed by atoms with Gasteiger partial charge < -0.3 is 5.32 Å². The van der Waals surface area contributed by atoms with Gasteiger partial charge in [0.25, 0.3) is 0 Å². The number of hydrogen-bond acceptors (Lipinski definition) is 3. The van der Waals surface area contributed by atoms with Crippen LogP contribution in [-0.2, 0) is 22.7 Å². The highest BCUT2D eigenvalue weighted by molar-refractivity contribution is 7.89. The van der Waals surface area contributed by atoms with Gasteiger partial charge in [0.2, 0.25) is 10.0 Å². The van der Waals surface area contributed by atoms with Gasteiger partial charge in [0.1, 0.15) is 5.82 Å². The Labute approximate surface area is 172 Å². The Hall–Kier alpha value is -1.97. The molecule has 2 fully saturated rings. The third-order valence-electron chi connectivity index (χ3n) is 6.10. The lowest BCUT2D eigenvalue weighted by Gasteiger charge is -2.22. The van der Waals surface area contributed by atoms with Crippen molar-refractivity contribution in [1.82, 2.24) is 9.62 Å². The molecule has 1 saturated carbocycles. The van der Waals surface area contributed by atoms with Gasteiger partial charge >= 0.3 is 6.18 Å². The third kappa shape index (κ3) is 4.24. The van der Waals surface area contributed by atoms with Gasteiger partial charge in [0.05, 0.1) is 10.5 Å². The van der Waals surface area contributed by atoms with Gasteiger partial charge in [0, 0.05) is 25.7 Å². The lowest BCUT2D eigenvalue weighted by atomic mass is 9.97. The molecule has 0 radical (unpaired) electrons. The Balaban J connectivity index is 1.45. The molecule has 0 spiro atoms. The van der Waals surface area contributed by atoms with E-state index in [0.29, 0.717) is 19.2 Å². The lowest BCUT2D eigenvalue weighted by molar-refractivity contribution is -0.137. The first-order valence-corrected chi connectivity index (χ1v) is 11.2. The average Bonchev–Trinajstić information content (AvgIpc) is 3.29. The molecule has 2 aliphatic rings. The van der Waals surface area contributed by atoms with E-state index in [2.05, 4.69) is 5.32 Å². The van der Waals surface area contributed by atoms with Crippen LogP contribution in [0.2, 0.25) is 0 Å². The van der Waals surface area contributed by atoms with Crippen molar-refractivity contribution in [2.75, 3.05) is 13.1 Å². The summed E-state index contributed by atoms with van der Waals surface area (Å²) in [7, 11) is -3.99. The SMILES string of the molecule is O=S(=O)(c1cccc(C(F)(F)F)c1)N1C[C@@H]2CC[C@@H](NCc3ccc(F)cc3)[C@@H]2C1. The molecule has 30 heavy (non-hydrogen) atoms. The Morgan fingerprint density at radius 3 is 2.47 bits per heavy atom. The number of sulfonamides is 1. The minimum absolute atomic E-state index is 0.103. The highest BCUT2D eigenvalue weighted by Crippen LogP contribution is 2.40. The number of fused-ring (bicyclic) bond motifs is 1. The van der Waals surface area contributed by atoms with Gasteiger partial charge in [-0.1, -0.05) is 18.2 Å². The molecule has 1 saturated heterocycles. The molecule has 9 heteroatoms. The zero-order valence-corrected chi connectivity index (χ0v) is 16.9. The number of nitrogens with zero attached hydrogens (tertiary/aromatic N) is 1. The van der Waals surface area contributed by atoms with E-state index in [1.165, 1.54) is 22.5 Å². The van der Waals surface area contributed by atoms with Crippen LogP contribution in [0.15, 0.2) is 53.4 Å². The first kappa shape index (κ1) is 21.3. The van der Waals surface area contributed by atoms with Gasteiger partial charge in [-0.25, -0.2) is 12.8 Å². The first-order chi connectivity index (χ1) is 14.1. The smallest absolute Gasteiger partial charge is 0.310 e. The van der Waals surface area contributed by atoms with E-state index in [9.17, 15) is 26.0 Å². The van der Waals surface area contributed by atoms with Crippen LogP contribution in [0.4, 0.5) is 17.6 Å². The molecular formula is C21H22F4N2O2S. The maximum absolute atomic E-state index is 13.0. The van der Waals surface area contributed by atoms with E-state index in [4.69, 9.17) is 0 Å². The largest absolute Gasteiger partial charge is 0.416 e. The predicted molar refractivity (Wildman–Crippen MR) is 103 cm³/mol. The molecular weight excluding hydrogens is 420 g/mol. The van der Waals surface area contributed by atoms with Gasteiger partial charge in [-0.15, -0.1) is 0 Å². The van der Waals surface area contributed by atoms with Crippen molar-refractivity contribution in [2.45, 2.75) is 36.5 Å². The fraction of sp³-hybridized carbons (Fsp3) is 0.429. The van der Waals surface area contributed by atoms with E-state index in [1.54, 1.807) is 12.1 Å². The number of hydrogen-bond donors (Lipinski definition) is 1. The van der Waals surface area contributed by atoms with Crippen LogP contribution in [0.1, 0.15) is 24.0 Å². The minimum atomic E-state index is -4.59. The molecule has 162 valence electrons. The molecule has 1 aliphatic carbocycles. The topological polar surface area (TPSA) is 49.4 Å². The molecule has 0 amide bonds. The number of benzene rings is 2. The molecule has 4 nitrogen and oxygen atoms in total. The van der Waals surface area contributed by atoms with E-state index in [-0.39, 0.29) is 35.1 Å². The van der Waals surface area contributed by atoms with Crippen LogP contribution in [0.25, 0.3) is 0 Å². The summed E-state index contributed by atoms with van der Waals surface area (Å²) < 4.78 is 79.2. The van der Waals surface area contributed by atoms with E-state index < -0.39 is 21.8 Å². The van der Waals surface area contributed by atoms with Crippen LogP contribution in [0, 0.1) is 17.7 Å². The van der Waals surface area contributed by atoms with Crippen molar-refractivity contribution in [3.05, 3.63) is 65.5 Å². The van der Waals surface area contributed by atoms with Crippen molar-refractivity contribution in [3.8, 4) is 0 Å². The highest BCUT2D eigenvalue weighted by atomic mass is 32.2. The lowest BCUT2D eigenvalue weighted by Crippen LogP contribution is -2.36. The fourth-order valence-corrected chi connectivity index (χ4v) is 6.09. The van der Waals surface area contributed by atoms with Gasteiger partial charge in [0.15, 0.2) is 0 Å². The second-order valence-electron chi connectivity index (χ2n) is 7.96. The first-order valence-electron chi connectivity index (χ1n) is 9.80. The summed E-state index contributed by atoms with van der Waals surface area (Å²) in [5, 5.41) is 3.44. The van der Waals surface area contributed by atoms with Gasteiger partial charge in [-0.2, -0.15) is 17.5 Å². The molecule has 0 aromatic heterocycles. The van der Waals surface area contributed by atoms with Crippen LogP contribution in [-0.4, -0.2) is 31.9 Å². The van der Waals surface area contributed by atoms with E-state index in [1.807, 2.05) is 0 Å².